The molecule has 2 aromatic carbocycles. The predicted octanol–water partition coefficient (Wildman–Crippen LogP) is 5.21. The molecule has 1 aromatic heterocycles. The van der Waals surface area contributed by atoms with Gasteiger partial charge in [-0.2, -0.15) is 0 Å². The fourth-order valence-electron chi connectivity index (χ4n) is 3.67. The second kappa shape index (κ2) is 11.9. The molecule has 0 saturated carbocycles. The molecule has 9 heteroatoms. The number of carbonyl (C=O) groups excluding carboxylic acids is 1. The lowest BCUT2D eigenvalue weighted by atomic mass is 10.0. The van der Waals surface area contributed by atoms with Gasteiger partial charge in [-0.05, 0) is 55.7 Å². The van der Waals surface area contributed by atoms with Crippen molar-refractivity contribution in [2.45, 2.75) is 33.2 Å². The Bertz CT molecular complexity index is 1120. The van der Waals surface area contributed by atoms with E-state index >= 15 is 0 Å². The van der Waals surface area contributed by atoms with E-state index in [1.807, 2.05) is 57.2 Å². The number of anilines is 1. The van der Waals surface area contributed by atoms with Gasteiger partial charge in [0.05, 0.1) is 44.5 Å². The molecule has 1 atom stereocenters. The number of benzene rings is 2. The van der Waals surface area contributed by atoms with Crippen LogP contribution in [0.15, 0.2) is 36.4 Å². The molecule has 3 N–H and O–H groups in total. The highest BCUT2D eigenvalue weighted by Gasteiger charge is 2.22. The van der Waals surface area contributed by atoms with Crippen LogP contribution in [0.25, 0.3) is 21.7 Å². The van der Waals surface area contributed by atoms with Gasteiger partial charge in [0.25, 0.3) is 0 Å². The number of ether oxygens (including phenoxy) is 4. The van der Waals surface area contributed by atoms with Gasteiger partial charge in [0.2, 0.25) is 11.7 Å². The van der Waals surface area contributed by atoms with Gasteiger partial charge in [-0.3, -0.25) is 4.79 Å². The summed E-state index contributed by atoms with van der Waals surface area (Å²) in [6.07, 6.45) is 0.586. The quantitative estimate of drug-likeness (QED) is 0.373. The van der Waals surface area contributed by atoms with Gasteiger partial charge >= 0.3 is 0 Å². The van der Waals surface area contributed by atoms with Crippen molar-refractivity contribution in [1.82, 2.24) is 4.98 Å². The summed E-state index contributed by atoms with van der Waals surface area (Å²) in [6, 6.07) is 10.8. The largest absolute Gasteiger partial charge is 0.494 e. The Hall–Kier alpha value is -3.30. The highest BCUT2D eigenvalue weighted by Crippen LogP contribution is 2.46. The molecule has 0 aliphatic carbocycles. The SMILES string of the molecule is CCOc1ccc(-c2nc(NC(=O)[C@H](N)CC(C)C)sc2-c2cc(OC)c(OC)c(OC)c2)cc1. The van der Waals surface area contributed by atoms with Crippen LogP contribution >= 0.6 is 11.3 Å². The molecule has 1 amide bonds. The van der Waals surface area contributed by atoms with E-state index in [0.717, 1.165) is 21.8 Å². The number of amides is 1. The molecular formula is C26H33N3O5S. The fraction of sp³-hybridized carbons (Fsp3) is 0.385. The number of hydrogen-bond donors (Lipinski definition) is 2. The first-order chi connectivity index (χ1) is 16.8. The lowest BCUT2D eigenvalue weighted by Crippen LogP contribution is -2.36. The summed E-state index contributed by atoms with van der Waals surface area (Å²) in [5, 5.41) is 3.35. The molecule has 188 valence electrons. The first kappa shape index (κ1) is 26.3. The number of aromatic nitrogens is 1. The number of rotatable bonds is 11. The second-order valence-corrected chi connectivity index (χ2v) is 9.29. The van der Waals surface area contributed by atoms with Crippen molar-refractivity contribution in [3.63, 3.8) is 0 Å². The Labute approximate surface area is 210 Å². The van der Waals surface area contributed by atoms with Crippen LogP contribution in [-0.2, 0) is 4.79 Å². The van der Waals surface area contributed by atoms with Crippen molar-refractivity contribution in [2.75, 3.05) is 33.3 Å². The Balaban J connectivity index is 2.09. The highest BCUT2D eigenvalue weighted by atomic mass is 32.1. The summed E-state index contributed by atoms with van der Waals surface area (Å²) >= 11 is 1.36. The van der Waals surface area contributed by atoms with Gasteiger partial charge in [-0.1, -0.05) is 25.2 Å². The van der Waals surface area contributed by atoms with Crippen molar-refractivity contribution in [3.05, 3.63) is 36.4 Å². The third kappa shape index (κ3) is 6.23. The van der Waals surface area contributed by atoms with Crippen molar-refractivity contribution >= 4 is 22.4 Å². The number of nitrogens with two attached hydrogens (primary N) is 1. The number of carbonyl (C=O) groups is 1. The van der Waals surface area contributed by atoms with Gasteiger partial charge in [0.15, 0.2) is 16.6 Å². The molecule has 0 aliphatic rings. The van der Waals surface area contributed by atoms with Crippen LogP contribution in [0, 0.1) is 5.92 Å². The molecule has 0 bridgehead atoms. The topological polar surface area (TPSA) is 105 Å². The maximum atomic E-state index is 12.7. The van der Waals surface area contributed by atoms with Crippen LogP contribution in [0.1, 0.15) is 27.2 Å². The minimum absolute atomic E-state index is 0.262. The third-order valence-electron chi connectivity index (χ3n) is 5.29. The minimum Gasteiger partial charge on any atom is -0.494 e. The van der Waals surface area contributed by atoms with E-state index in [1.54, 1.807) is 21.3 Å². The van der Waals surface area contributed by atoms with Crippen LogP contribution < -0.4 is 30.0 Å². The summed E-state index contributed by atoms with van der Waals surface area (Å²) in [6.45, 7) is 6.58. The molecule has 0 fully saturated rings. The van der Waals surface area contributed by atoms with Crippen molar-refractivity contribution < 1.29 is 23.7 Å². The highest BCUT2D eigenvalue weighted by molar-refractivity contribution is 7.19. The normalized spacial score (nSPS) is 11.8. The molecule has 0 radical (unpaired) electrons. The molecule has 8 nitrogen and oxygen atoms in total. The average Bonchev–Trinajstić information content (AvgIpc) is 3.26. The van der Waals surface area contributed by atoms with Crippen molar-refractivity contribution in [2.24, 2.45) is 11.7 Å². The van der Waals surface area contributed by atoms with Gasteiger partial charge < -0.3 is 30.0 Å². The number of nitrogens with zero attached hydrogens (tertiary/aromatic N) is 1. The predicted molar refractivity (Wildman–Crippen MR) is 140 cm³/mol. The lowest BCUT2D eigenvalue weighted by Gasteiger charge is -2.14. The smallest absolute Gasteiger partial charge is 0.243 e. The molecule has 3 rings (SSSR count). The molecule has 0 saturated heterocycles. The van der Waals surface area contributed by atoms with E-state index in [0.29, 0.717) is 47.0 Å². The zero-order chi connectivity index (χ0) is 25.5. The van der Waals surface area contributed by atoms with Crippen LogP contribution in [0.5, 0.6) is 23.0 Å². The van der Waals surface area contributed by atoms with E-state index in [-0.39, 0.29) is 5.91 Å². The molecule has 0 unspecified atom stereocenters. The molecule has 0 aliphatic heterocycles. The van der Waals surface area contributed by atoms with E-state index in [2.05, 4.69) is 5.32 Å². The molecule has 3 aromatic rings. The van der Waals surface area contributed by atoms with Crippen LogP contribution in [0.3, 0.4) is 0 Å². The molecule has 35 heavy (non-hydrogen) atoms. The number of nitrogens with one attached hydrogen (secondary N) is 1. The zero-order valence-corrected chi connectivity index (χ0v) is 21.8. The maximum Gasteiger partial charge on any atom is 0.243 e. The summed E-state index contributed by atoms with van der Waals surface area (Å²) in [5.41, 5.74) is 8.49. The zero-order valence-electron chi connectivity index (χ0n) is 21.0. The number of thiazole rings is 1. The van der Waals surface area contributed by atoms with Crippen molar-refractivity contribution in [3.8, 4) is 44.7 Å². The Morgan fingerprint density at radius 2 is 1.66 bits per heavy atom. The standard InChI is InChI=1S/C26H33N3O5S/c1-7-34-18-10-8-16(9-11-18)22-24(17-13-20(31-4)23(33-6)21(14-17)32-5)35-26(28-22)29-25(30)19(27)12-15(2)3/h8-11,13-15,19H,7,12,27H2,1-6H3,(H,28,29,30)/t19-/m1/s1. The van der Waals surface area contributed by atoms with Gasteiger partial charge in [0, 0.05) is 11.1 Å². The van der Waals surface area contributed by atoms with Crippen LogP contribution in [0.2, 0.25) is 0 Å². The number of methoxy groups -OCH3 is 3. The third-order valence-corrected chi connectivity index (χ3v) is 6.30. The van der Waals surface area contributed by atoms with E-state index in [4.69, 9.17) is 29.7 Å². The maximum absolute atomic E-state index is 12.7. The van der Waals surface area contributed by atoms with E-state index in [1.165, 1.54) is 11.3 Å². The van der Waals surface area contributed by atoms with Crippen LogP contribution in [-0.4, -0.2) is 44.9 Å². The van der Waals surface area contributed by atoms with E-state index in [9.17, 15) is 4.79 Å². The average molecular weight is 500 g/mol. The van der Waals surface area contributed by atoms with Gasteiger partial charge in [-0.15, -0.1) is 0 Å². The second-order valence-electron chi connectivity index (χ2n) is 8.29. The summed E-state index contributed by atoms with van der Waals surface area (Å²) in [7, 11) is 4.71. The Kier molecular flexibility index (Phi) is 8.95. The first-order valence-corrected chi connectivity index (χ1v) is 12.2. The fourth-order valence-corrected chi connectivity index (χ4v) is 4.64. The van der Waals surface area contributed by atoms with Crippen molar-refractivity contribution in [1.29, 1.82) is 0 Å². The molecular weight excluding hydrogens is 466 g/mol. The first-order valence-electron chi connectivity index (χ1n) is 11.4. The Morgan fingerprint density at radius 1 is 1.03 bits per heavy atom. The monoisotopic (exact) mass is 499 g/mol. The summed E-state index contributed by atoms with van der Waals surface area (Å²) in [4.78, 5) is 18.3. The molecule has 1 heterocycles. The Morgan fingerprint density at radius 3 is 2.17 bits per heavy atom. The van der Waals surface area contributed by atoms with Crippen LogP contribution in [0.4, 0.5) is 5.13 Å². The number of hydrogen-bond acceptors (Lipinski definition) is 8. The summed E-state index contributed by atoms with van der Waals surface area (Å²) < 4.78 is 22.1. The minimum atomic E-state index is -0.613. The van der Waals surface area contributed by atoms with Gasteiger partial charge in [0.1, 0.15) is 5.75 Å². The summed E-state index contributed by atoms with van der Waals surface area (Å²) in [5.74, 6) is 2.37. The lowest BCUT2D eigenvalue weighted by molar-refractivity contribution is -0.117. The van der Waals surface area contributed by atoms with Gasteiger partial charge in [-0.25, -0.2) is 4.98 Å². The molecule has 0 spiro atoms. The van der Waals surface area contributed by atoms with E-state index < -0.39 is 6.04 Å².